The molecule has 1 fully saturated rings. The molecule has 0 saturated carbocycles. The number of aromatic nitrogens is 4. The summed E-state index contributed by atoms with van der Waals surface area (Å²) in [7, 11) is -4.33. The Bertz CT molecular complexity index is 2340. The van der Waals surface area contributed by atoms with Crippen LogP contribution in [0.25, 0.3) is 11.2 Å². The van der Waals surface area contributed by atoms with Gasteiger partial charge in [-0.25, -0.2) is 34.6 Å². The fraction of sp³-hybridized carbons (Fsp3) is 0.212. The molecule has 5 aromatic rings. The largest absolute Gasteiger partial charge is 0.508 e. The average molecular weight is 763 g/mol. The van der Waals surface area contributed by atoms with E-state index in [0.717, 1.165) is 5.37 Å². The van der Waals surface area contributed by atoms with Crippen LogP contribution in [0.15, 0.2) is 67.3 Å². The standard InChI is InChI=1S/C33H27N6O12PS/c34-28-25-29(37-13-36-28)39(14-38-25)30-26(42)27(51-52(35,45)47-7-8-53)24(49-30)12-46-31(43)15-1-4-18-21(9-15)33(50-32(18)44)19-5-2-16(40)10-22(19)48-23-11-17(41)3-6-20(23)33/h1-6,8-11,13-14,24,26-27,30,40-42H,7,12H2,(H2,35,45)(H2,34,36,37)/t24-,26-,27-,30-,52?/m1/s1. The first-order chi connectivity index (χ1) is 25.4. The van der Waals surface area contributed by atoms with Crippen molar-refractivity contribution in [1.82, 2.24) is 19.5 Å². The van der Waals surface area contributed by atoms with Gasteiger partial charge in [0.2, 0.25) is 0 Å². The van der Waals surface area contributed by atoms with Gasteiger partial charge in [0.15, 0.2) is 23.3 Å². The molecule has 8 rings (SSSR count). The maximum atomic E-state index is 13.7. The van der Waals surface area contributed by atoms with Gasteiger partial charge in [-0.15, -0.1) is 0 Å². The van der Waals surface area contributed by atoms with Crippen molar-refractivity contribution in [3.63, 3.8) is 0 Å². The first-order valence-corrected chi connectivity index (χ1v) is 17.8. The molecule has 3 aliphatic rings. The van der Waals surface area contributed by atoms with E-state index < -0.39 is 56.4 Å². The Kier molecular flexibility index (Phi) is 8.38. The third-order valence-corrected chi connectivity index (χ3v) is 10.1. The summed E-state index contributed by atoms with van der Waals surface area (Å²) < 4.78 is 48.7. The minimum Gasteiger partial charge on any atom is -0.508 e. The van der Waals surface area contributed by atoms with Crippen LogP contribution in [0.1, 0.15) is 43.6 Å². The van der Waals surface area contributed by atoms with Gasteiger partial charge in [0.05, 0.1) is 24.1 Å². The molecule has 1 saturated heterocycles. The Morgan fingerprint density at radius 2 is 1.75 bits per heavy atom. The van der Waals surface area contributed by atoms with Crippen LogP contribution in [0.2, 0.25) is 0 Å². The number of imidazole rings is 1. The molecule has 5 atom stereocenters. The fourth-order valence-corrected chi connectivity index (χ4v) is 7.78. The van der Waals surface area contributed by atoms with Crippen LogP contribution in [0, 0.1) is 0 Å². The molecular formula is C33H27N6O12PS. The van der Waals surface area contributed by atoms with Crippen LogP contribution in [-0.4, -0.2) is 83.7 Å². The number of hydrogen-bond donors (Lipinski definition) is 5. The predicted octanol–water partition coefficient (Wildman–Crippen LogP) is 2.97. The van der Waals surface area contributed by atoms with Gasteiger partial charge < -0.3 is 40.0 Å². The number of benzene rings is 3. The number of carbonyl (C=O) groups is 2. The molecule has 0 radical (unpaired) electrons. The number of ether oxygens (including phenoxy) is 4. The maximum absolute atomic E-state index is 13.7. The van der Waals surface area contributed by atoms with E-state index in [-0.39, 0.29) is 63.3 Å². The molecular weight excluding hydrogens is 735 g/mol. The second-order valence-electron chi connectivity index (χ2n) is 12.1. The normalized spacial score (nSPS) is 22.0. The smallest absolute Gasteiger partial charge is 0.403 e. The number of aliphatic hydroxyl groups excluding tert-OH is 1. The lowest BCUT2D eigenvalue weighted by atomic mass is 9.77. The predicted molar refractivity (Wildman–Crippen MR) is 184 cm³/mol. The number of hydrogen-bond acceptors (Lipinski definition) is 17. The summed E-state index contributed by atoms with van der Waals surface area (Å²) in [6.07, 6.45) is -3.08. The molecule has 0 amide bonds. The zero-order valence-electron chi connectivity index (χ0n) is 27.0. The first kappa shape index (κ1) is 34.6. The molecule has 2 aromatic heterocycles. The fourth-order valence-electron chi connectivity index (χ4n) is 6.67. The van der Waals surface area contributed by atoms with Gasteiger partial charge in [0, 0.05) is 34.2 Å². The highest BCUT2D eigenvalue weighted by molar-refractivity contribution is 7.79. The van der Waals surface area contributed by atoms with Crippen molar-refractivity contribution in [1.29, 1.82) is 0 Å². The molecule has 272 valence electrons. The summed E-state index contributed by atoms with van der Waals surface area (Å²) in [4.78, 5) is 39.3. The van der Waals surface area contributed by atoms with E-state index >= 15 is 0 Å². The SMILES string of the molecule is Nc1ncnc2c1ncn2[C@@H]1O[C@H](COC(=O)c2ccc3c(c2)C2(OC3=O)c3ccc(O)cc3Oc3cc(O)ccc32)[C@@H](OP(N)(=O)OCC=S)[C@H]1O. The van der Waals surface area contributed by atoms with E-state index in [2.05, 4.69) is 15.0 Å². The highest BCUT2D eigenvalue weighted by atomic mass is 32.1. The zero-order chi connectivity index (χ0) is 37.2. The molecule has 18 nitrogen and oxygen atoms in total. The number of esters is 2. The van der Waals surface area contributed by atoms with Crippen molar-refractivity contribution in [2.24, 2.45) is 5.50 Å². The Labute approximate surface area is 303 Å². The molecule has 1 unspecified atom stereocenters. The van der Waals surface area contributed by atoms with Gasteiger partial charge in [0.25, 0.3) is 0 Å². The zero-order valence-corrected chi connectivity index (χ0v) is 28.7. The van der Waals surface area contributed by atoms with E-state index in [4.69, 9.17) is 51.5 Å². The minimum atomic E-state index is -4.33. The second kappa shape index (κ2) is 12.8. The molecule has 5 heterocycles. The molecule has 20 heteroatoms. The summed E-state index contributed by atoms with van der Waals surface area (Å²) in [5.74, 6) is -1.44. The lowest BCUT2D eigenvalue weighted by Gasteiger charge is -2.36. The van der Waals surface area contributed by atoms with Crippen molar-refractivity contribution in [2.45, 2.75) is 30.1 Å². The first-order valence-electron chi connectivity index (χ1n) is 15.7. The van der Waals surface area contributed by atoms with Crippen LogP contribution in [-0.2, 0) is 33.4 Å². The van der Waals surface area contributed by atoms with Crippen molar-refractivity contribution >= 4 is 54.3 Å². The van der Waals surface area contributed by atoms with E-state index in [9.17, 15) is 29.5 Å². The van der Waals surface area contributed by atoms with Gasteiger partial charge >= 0.3 is 19.7 Å². The Morgan fingerprint density at radius 1 is 1.04 bits per heavy atom. The number of phenols is 2. The van der Waals surface area contributed by atoms with Crippen LogP contribution in [0.3, 0.4) is 0 Å². The van der Waals surface area contributed by atoms with E-state index in [0.29, 0.717) is 11.1 Å². The quantitative estimate of drug-likeness (QED) is 0.0821. The number of nitrogen functional groups attached to an aromatic ring is 1. The number of aromatic hydroxyl groups is 2. The molecule has 0 bridgehead atoms. The lowest BCUT2D eigenvalue weighted by molar-refractivity contribution is -0.0559. The molecule has 7 N–H and O–H groups in total. The molecule has 1 spiro atoms. The Hall–Kier alpha value is -5.53. The van der Waals surface area contributed by atoms with Crippen molar-refractivity contribution in [3.05, 3.63) is 95.1 Å². The number of nitrogens with zero attached hydrogens (tertiary/aromatic N) is 4. The maximum Gasteiger partial charge on any atom is 0.403 e. The summed E-state index contributed by atoms with van der Waals surface area (Å²) in [6.45, 7) is -0.850. The monoisotopic (exact) mass is 762 g/mol. The summed E-state index contributed by atoms with van der Waals surface area (Å²) >= 11 is 4.72. The van der Waals surface area contributed by atoms with Crippen molar-refractivity contribution in [2.75, 3.05) is 18.9 Å². The van der Waals surface area contributed by atoms with Gasteiger partial charge in [0.1, 0.15) is 59.8 Å². The van der Waals surface area contributed by atoms with Crippen LogP contribution in [0.5, 0.6) is 23.0 Å². The van der Waals surface area contributed by atoms with E-state index in [1.165, 1.54) is 71.8 Å². The van der Waals surface area contributed by atoms with Gasteiger partial charge in [-0.05, 0) is 42.5 Å². The van der Waals surface area contributed by atoms with Gasteiger partial charge in [-0.2, -0.15) is 0 Å². The third kappa shape index (κ3) is 5.75. The van der Waals surface area contributed by atoms with E-state index in [1.807, 2.05) is 0 Å². The van der Waals surface area contributed by atoms with E-state index in [1.54, 1.807) is 0 Å². The van der Waals surface area contributed by atoms with Gasteiger partial charge in [-0.1, -0.05) is 12.2 Å². The van der Waals surface area contributed by atoms with Gasteiger partial charge in [-0.3, -0.25) is 13.6 Å². The topological polar surface area (TPSA) is 263 Å². The highest BCUT2D eigenvalue weighted by Crippen LogP contribution is 2.57. The van der Waals surface area contributed by atoms with Crippen molar-refractivity contribution < 1.29 is 57.5 Å². The van der Waals surface area contributed by atoms with Crippen LogP contribution < -0.4 is 16.0 Å². The average Bonchev–Trinajstić information content (AvgIpc) is 3.78. The summed E-state index contributed by atoms with van der Waals surface area (Å²) in [6, 6.07) is 12.7. The number of phenolic OH excluding ortho intramolecular Hbond substituents is 2. The highest BCUT2D eigenvalue weighted by Gasteiger charge is 2.54. The molecule has 3 aliphatic heterocycles. The summed E-state index contributed by atoms with van der Waals surface area (Å²) in [5, 5.41) is 33.0. The molecule has 53 heavy (non-hydrogen) atoms. The number of thiocarbonyl (C=S) groups is 1. The third-order valence-electron chi connectivity index (χ3n) is 8.95. The number of rotatable bonds is 9. The number of nitrogens with two attached hydrogens (primary N) is 2. The Balaban J connectivity index is 1.11. The lowest BCUT2D eigenvalue weighted by Crippen LogP contribution is -2.37. The minimum absolute atomic E-state index is 0.0114. The van der Waals surface area contributed by atoms with Crippen LogP contribution in [0.4, 0.5) is 5.82 Å². The van der Waals surface area contributed by atoms with Crippen molar-refractivity contribution in [3.8, 4) is 23.0 Å². The number of anilines is 1. The molecule has 0 aliphatic carbocycles. The number of carbonyl (C=O) groups excluding carboxylic acids is 2. The summed E-state index contributed by atoms with van der Waals surface area (Å²) in [5.41, 5.74) is 11.6. The molecule has 3 aromatic carbocycles. The Morgan fingerprint density at radius 3 is 2.45 bits per heavy atom. The number of aliphatic hydroxyl groups is 1. The second-order valence-corrected chi connectivity index (χ2v) is 14.0. The number of fused-ring (bicyclic) bond motifs is 7. The van der Waals surface area contributed by atoms with Crippen LogP contribution >= 0.6 is 20.0 Å².